The zero-order chi connectivity index (χ0) is 16.2. The normalized spacial score (nSPS) is 20.7. The van der Waals surface area contributed by atoms with Crippen molar-refractivity contribution in [3.8, 4) is 0 Å². The maximum atomic E-state index is 5.01. The number of piperidine rings is 1. The SMILES string of the molecule is c1ccc2c(c1)nc(CCC1CCCCC1)n2CC1CCNCC1. The standard InChI is InChI=1S/C21H31N3/c1-2-6-17(7-3-1)10-11-21-23-19-8-4-5-9-20(19)24(21)16-18-12-14-22-15-13-18/h4-5,8-9,17-18,22H,1-3,6-7,10-16H2. The van der Waals surface area contributed by atoms with E-state index >= 15 is 0 Å². The molecule has 2 aromatic rings. The van der Waals surface area contributed by atoms with E-state index in [1.807, 2.05) is 0 Å². The number of para-hydroxylation sites is 2. The fourth-order valence-electron chi connectivity index (χ4n) is 4.65. The summed E-state index contributed by atoms with van der Waals surface area (Å²) in [4.78, 5) is 5.01. The topological polar surface area (TPSA) is 29.9 Å². The van der Waals surface area contributed by atoms with Crippen LogP contribution in [0.1, 0.15) is 57.2 Å². The number of nitrogens with one attached hydrogen (secondary N) is 1. The van der Waals surface area contributed by atoms with Crippen LogP contribution in [0.5, 0.6) is 0 Å². The van der Waals surface area contributed by atoms with Gasteiger partial charge in [0.05, 0.1) is 11.0 Å². The Balaban J connectivity index is 1.52. The van der Waals surface area contributed by atoms with E-state index in [0.717, 1.165) is 24.8 Å². The highest BCUT2D eigenvalue weighted by molar-refractivity contribution is 5.75. The van der Waals surface area contributed by atoms with Gasteiger partial charge < -0.3 is 9.88 Å². The van der Waals surface area contributed by atoms with Gasteiger partial charge in [-0.3, -0.25) is 0 Å². The van der Waals surface area contributed by atoms with Crippen LogP contribution in [-0.2, 0) is 13.0 Å². The van der Waals surface area contributed by atoms with E-state index in [1.54, 1.807) is 0 Å². The van der Waals surface area contributed by atoms with Gasteiger partial charge in [0.15, 0.2) is 0 Å². The molecule has 130 valence electrons. The number of rotatable bonds is 5. The second-order valence-corrected chi connectivity index (χ2v) is 7.86. The fraction of sp³-hybridized carbons (Fsp3) is 0.667. The molecule has 1 aliphatic heterocycles. The zero-order valence-electron chi connectivity index (χ0n) is 14.8. The Morgan fingerprint density at radius 3 is 2.58 bits per heavy atom. The predicted molar refractivity (Wildman–Crippen MR) is 100 cm³/mol. The second kappa shape index (κ2) is 7.69. The first kappa shape index (κ1) is 16.1. The van der Waals surface area contributed by atoms with Crippen molar-refractivity contribution in [3.63, 3.8) is 0 Å². The van der Waals surface area contributed by atoms with E-state index in [0.29, 0.717) is 0 Å². The van der Waals surface area contributed by atoms with Gasteiger partial charge in [0, 0.05) is 13.0 Å². The molecule has 0 unspecified atom stereocenters. The highest BCUT2D eigenvalue weighted by atomic mass is 15.1. The van der Waals surface area contributed by atoms with Crippen LogP contribution in [0.4, 0.5) is 0 Å². The summed E-state index contributed by atoms with van der Waals surface area (Å²) >= 11 is 0. The van der Waals surface area contributed by atoms with E-state index in [9.17, 15) is 0 Å². The van der Waals surface area contributed by atoms with Gasteiger partial charge in [-0.2, -0.15) is 0 Å². The minimum atomic E-state index is 0.803. The molecule has 0 spiro atoms. The van der Waals surface area contributed by atoms with Crippen molar-refractivity contribution >= 4 is 11.0 Å². The van der Waals surface area contributed by atoms with Gasteiger partial charge in [-0.1, -0.05) is 44.2 Å². The third kappa shape index (κ3) is 3.66. The number of hydrogen-bond donors (Lipinski definition) is 1. The molecule has 2 heterocycles. The van der Waals surface area contributed by atoms with Crippen molar-refractivity contribution < 1.29 is 0 Å². The van der Waals surface area contributed by atoms with Gasteiger partial charge in [-0.05, 0) is 56.3 Å². The number of hydrogen-bond acceptors (Lipinski definition) is 2. The van der Waals surface area contributed by atoms with E-state index < -0.39 is 0 Å². The molecular weight excluding hydrogens is 294 g/mol. The van der Waals surface area contributed by atoms with E-state index in [4.69, 9.17) is 4.98 Å². The van der Waals surface area contributed by atoms with Crippen LogP contribution >= 0.6 is 0 Å². The Kier molecular flexibility index (Phi) is 5.17. The lowest BCUT2D eigenvalue weighted by Crippen LogP contribution is -2.30. The molecule has 1 aromatic carbocycles. The molecule has 1 N–H and O–H groups in total. The molecule has 0 bridgehead atoms. The number of aromatic nitrogens is 2. The monoisotopic (exact) mass is 325 g/mol. The second-order valence-electron chi connectivity index (χ2n) is 7.86. The van der Waals surface area contributed by atoms with Crippen LogP contribution in [0.25, 0.3) is 11.0 Å². The first-order valence-corrected chi connectivity index (χ1v) is 10.0. The molecule has 1 saturated carbocycles. The smallest absolute Gasteiger partial charge is 0.109 e. The Bertz CT molecular complexity index is 648. The van der Waals surface area contributed by atoms with E-state index in [2.05, 4.69) is 34.1 Å². The molecule has 3 heteroatoms. The van der Waals surface area contributed by atoms with Crippen molar-refractivity contribution in [3.05, 3.63) is 30.1 Å². The van der Waals surface area contributed by atoms with Gasteiger partial charge >= 0.3 is 0 Å². The summed E-state index contributed by atoms with van der Waals surface area (Å²) in [5.74, 6) is 3.07. The van der Waals surface area contributed by atoms with Crippen LogP contribution in [0, 0.1) is 11.8 Å². The summed E-state index contributed by atoms with van der Waals surface area (Å²) in [6.07, 6.45) is 12.3. The summed E-state index contributed by atoms with van der Waals surface area (Å²) in [5.41, 5.74) is 2.53. The van der Waals surface area contributed by atoms with Crippen LogP contribution in [0.2, 0.25) is 0 Å². The molecule has 2 fully saturated rings. The van der Waals surface area contributed by atoms with Crippen molar-refractivity contribution in [2.75, 3.05) is 13.1 Å². The summed E-state index contributed by atoms with van der Waals surface area (Å²) in [6, 6.07) is 8.72. The Hall–Kier alpha value is -1.35. The van der Waals surface area contributed by atoms with Gasteiger partial charge in [-0.15, -0.1) is 0 Å². The Morgan fingerprint density at radius 2 is 1.75 bits per heavy atom. The minimum absolute atomic E-state index is 0.803. The molecule has 1 aliphatic carbocycles. The van der Waals surface area contributed by atoms with Crippen molar-refractivity contribution in [1.29, 1.82) is 0 Å². The molecule has 4 rings (SSSR count). The lowest BCUT2D eigenvalue weighted by atomic mass is 9.86. The molecule has 2 aliphatic rings. The molecule has 24 heavy (non-hydrogen) atoms. The van der Waals surface area contributed by atoms with Crippen LogP contribution in [0.15, 0.2) is 24.3 Å². The molecule has 3 nitrogen and oxygen atoms in total. The summed E-state index contributed by atoms with van der Waals surface area (Å²) in [6.45, 7) is 3.51. The lowest BCUT2D eigenvalue weighted by molar-refractivity contribution is 0.322. The zero-order valence-corrected chi connectivity index (χ0v) is 14.8. The average Bonchev–Trinajstić information content (AvgIpc) is 2.99. The van der Waals surface area contributed by atoms with Crippen LogP contribution in [0.3, 0.4) is 0 Å². The third-order valence-corrected chi connectivity index (χ3v) is 6.13. The summed E-state index contributed by atoms with van der Waals surface area (Å²) in [7, 11) is 0. The van der Waals surface area contributed by atoms with E-state index in [1.165, 1.54) is 81.3 Å². The van der Waals surface area contributed by atoms with Gasteiger partial charge in [0.2, 0.25) is 0 Å². The number of imidazole rings is 1. The number of aryl methyl sites for hydroxylation is 1. The third-order valence-electron chi connectivity index (χ3n) is 6.13. The fourth-order valence-corrected chi connectivity index (χ4v) is 4.65. The lowest BCUT2D eigenvalue weighted by Gasteiger charge is -2.25. The molecule has 0 atom stereocenters. The first-order chi connectivity index (χ1) is 11.9. The van der Waals surface area contributed by atoms with Crippen LogP contribution in [-0.4, -0.2) is 22.6 Å². The molecule has 0 radical (unpaired) electrons. The van der Waals surface area contributed by atoms with Crippen molar-refractivity contribution in [1.82, 2.24) is 14.9 Å². The molecule has 1 aromatic heterocycles. The van der Waals surface area contributed by atoms with Gasteiger partial charge in [0.25, 0.3) is 0 Å². The minimum Gasteiger partial charge on any atom is -0.328 e. The number of fused-ring (bicyclic) bond motifs is 1. The maximum absolute atomic E-state index is 5.01. The van der Waals surface area contributed by atoms with Gasteiger partial charge in [-0.25, -0.2) is 4.98 Å². The number of benzene rings is 1. The van der Waals surface area contributed by atoms with Gasteiger partial charge in [0.1, 0.15) is 5.82 Å². The molecule has 1 saturated heterocycles. The average molecular weight is 326 g/mol. The first-order valence-electron chi connectivity index (χ1n) is 10.0. The van der Waals surface area contributed by atoms with Crippen molar-refractivity contribution in [2.24, 2.45) is 11.8 Å². The molecule has 0 amide bonds. The Labute approximate surface area is 145 Å². The number of nitrogens with zero attached hydrogens (tertiary/aromatic N) is 2. The highest BCUT2D eigenvalue weighted by Gasteiger charge is 2.19. The largest absolute Gasteiger partial charge is 0.328 e. The van der Waals surface area contributed by atoms with Crippen LogP contribution < -0.4 is 5.32 Å². The maximum Gasteiger partial charge on any atom is 0.109 e. The summed E-state index contributed by atoms with van der Waals surface area (Å²) < 4.78 is 2.55. The summed E-state index contributed by atoms with van der Waals surface area (Å²) in [5, 5.41) is 3.49. The molecular formula is C21H31N3. The van der Waals surface area contributed by atoms with E-state index in [-0.39, 0.29) is 0 Å². The quantitative estimate of drug-likeness (QED) is 0.874. The van der Waals surface area contributed by atoms with Crippen molar-refractivity contribution in [2.45, 2.75) is 64.3 Å². The predicted octanol–water partition coefficient (Wildman–Crippen LogP) is 4.55. The highest BCUT2D eigenvalue weighted by Crippen LogP contribution is 2.28. The Morgan fingerprint density at radius 1 is 0.958 bits per heavy atom.